The molecule has 1 heterocycles. The van der Waals surface area contributed by atoms with Gasteiger partial charge in [-0.1, -0.05) is 24.6 Å². The van der Waals surface area contributed by atoms with Crippen LogP contribution in [0.4, 0.5) is 0 Å². The first-order chi connectivity index (χ1) is 10.8. The lowest BCUT2D eigenvalue weighted by Crippen LogP contribution is -2.34. The van der Waals surface area contributed by atoms with Crippen LogP contribution in [0.1, 0.15) is 28.7 Å². The Morgan fingerprint density at radius 3 is 2.43 bits per heavy atom. The summed E-state index contributed by atoms with van der Waals surface area (Å²) in [5.74, 6) is -1.83. The molecule has 0 spiro atoms. The fraction of sp³-hybridized carbons (Fsp3) is 0.353. The number of hydrogen-bond acceptors (Lipinski definition) is 3. The first-order valence-corrected chi connectivity index (χ1v) is 7.41. The van der Waals surface area contributed by atoms with E-state index in [-0.39, 0.29) is 12.5 Å². The lowest BCUT2D eigenvalue weighted by atomic mass is 10.1. The van der Waals surface area contributed by atoms with Crippen molar-refractivity contribution in [2.45, 2.75) is 20.8 Å². The SMILES string of the molecule is Cc1ccc(-n2nc(C(=O)N(C)CC(C)C(=O)O)cc2C)cc1. The molecule has 6 heteroatoms. The Kier molecular flexibility index (Phi) is 4.83. The van der Waals surface area contributed by atoms with Crippen molar-refractivity contribution in [3.8, 4) is 5.69 Å². The highest BCUT2D eigenvalue weighted by Crippen LogP contribution is 2.14. The van der Waals surface area contributed by atoms with Crippen molar-refractivity contribution in [3.05, 3.63) is 47.3 Å². The Hall–Kier alpha value is -2.63. The Balaban J connectivity index is 2.21. The molecule has 1 atom stereocenters. The van der Waals surface area contributed by atoms with Crippen molar-refractivity contribution in [3.63, 3.8) is 0 Å². The average Bonchev–Trinajstić information content (AvgIpc) is 2.89. The van der Waals surface area contributed by atoms with Gasteiger partial charge in [-0.15, -0.1) is 0 Å². The fourth-order valence-corrected chi connectivity index (χ4v) is 2.29. The molecule has 0 radical (unpaired) electrons. The summed E-state index contributed by atoms with van der Waals surface area (Å²) >= 11 is 0. The third-order valence-electron chi connectivity index (χ3n) is 3.70. The van der Waals surface area contributed by atoms with E-state index in [4.69, 9.17) is 5.11 Å². The van der Waals surface area contributed by atoms with Crippen molar-refractivity contribution in [2.24, 2.45) is 5.92 Å². The predicted molar refractivity (Wildman–Crippen MR) is 86.8 cm³/mol. The molecule has 0 saturated carbocycles. The van der Waals surface area contributed by atoms with Crippen LogP contribution in [0, 0.1) is 19.8 Å². The van der Waals surface area contributed by atoms with Crippen LogP contribution in [0.3, 0.4) is 0 Å². The maximum Gasteiger partial charge on any atom is 0.308 e. The molecule has 0 aliphatic carbocycles. The summed E-state index contributed by atoms with van der Waals surface area (Å²) in [6, 6.07) is 9.57. The van der Waals surface area contributed by atoms with Crippen molar-refractivity contribution in [1.82, 2.24) is 14.7 Å². The molecule has 0 fully saturated rings. The van der Waals surface area contributed by atoms with E-state index in [2.05, 4.69) is 5.10 Å². The maximum absolute atomic E-state index is 12.4. The number of amides is 1. The number of aliphatic carboxylic acids is 1. The second-order valence-electron chi connectivity index (χ2n) is 5.84. The van der Waals surface area contributed by atoms with Crippen molar-refractivity contribution < 1.29 is 14.7 Å². The molecular weight excluding hydrogens is 294 g/mol. The molecule has 23 heavy (non-hydrogen) atoms. The lowest BCUT2D eigenvalue weighted by Gasteiger charge is -2.18. The van der Waals surface area contributed by atoms with Gasteiger partial charge in [0.25, 0.3) is 5.91 Å². The molecule has 1 aromatic carbocycles. The Bertz CT molecular complexity index is 719. The topological polar surface area (TPSA) is 75.4 Å². The minimum atomic E-state index is -0.925. The molecule has 0 bridgehead atoms. The molecule has 1 unspecified atom stereocenters. The normalized spacial score (nSPS) is 12.0. The summed E-state index contributed by atoms with van der Waals surface area (Å²) in [7, 11) is 1.59. The monoisotopic (exact) mass is 315 g/mol. The first kappa shape index (κ1) is 16.7. The predicted octanol–water partition coefficient (Wildman–Crippen LogP) is 2.28. The Morgan fingerprint density at radius 2 is 1.87 bits per heavy atom. The van der Waals surface area contributed by atoms with E-state index in [1.54, 1.807) is 24.7 Å². The van der Waals surface area contributed by atoms with Gasteiger partial charge >= 0.3 is 5.97 Å². The smallest absolute Gasteiger partial charge is 0.308 e. The number of carboxylic acids is 1. The molecule has 0 aliphatic rings. The first-order valence-electron chi connectivity index (χ1n) is 7.41. The molecule has 1 N–H and O–H groups in total. The van der Waals surface area contributed by atoms with Crippen LogP contribution >= 0.6 is 0 Å². The van der Waals surface area contributed by atoms with Crippen LogP contribution in [-0.2, 0) is 4.79 Å². The highest BCUT2D eigenvalue weighted by atomic mass is 16.4. The molecular formula is C17H21N3O3. The summed E-state index contributed by atoms with van der Waals surface area (Å²) in [5, 5.41) is 13.3. The van der Waals surface area contributed by atoms with E-state index in [0.29, 0.717) is 5.69 Å². The summed E-state index contributed by atoms with van der Waals surface area (Å²) in [5.41, 5.74) is 3.19. The zero-order valence-corrected chi connectivity index (χ0v) is 13.8. The number of aryl methyl sites for hydroxylation is 2. The van der Waals surface area contributed by atoms with E-state index in [1.165, 1.54) is 4.90 Å². The van der Waals surface area contributed by atoms with Crippen molar-refractivity contribution in [2.75, 3.05) is 13.6 Å². The molecule has 122 valence electrons. The number of carboxylic acid groups (broad SMARTS) is 1. The number of benzene rings is 1. The van der Waals surface area contributed by atoms with Gasteiger partial charge in [-0.2, -0.15) is 5.10 Å². The number of carbonyl (C=O) groups excluding carboxylic acids is 1. The number of hydrogen-bond donors (Lipinski definition) is 1. The molecule has 1 amide bonds. The molecule has 1 aromatic heterocycles. The summed E-state index contributed by atoms with van der Waals surface area (Å²) in [4.78, 5) is 24.7. The highest BCUT2D eigenvalue weighted by Gasteiger charge is 2.21. The van der Waals surface area contributed by atoms with Gasteiger partial charge in [0, 0.05) is 19.3 Å². The van der Waals surface area contributed by atoms with E-state index in [9.17, 15) is 9.59 Å². The lowest BCUT2D eigenvalue weighted by molar-refractivity contribution is -0.141. The van der Waals surface area contributed by atoms with Crippen LogP contribution in [0.2, 0.25) is 0 Å². The standard InChI is InChI=1S/C17H21N3O3/c1-11-5-7-14(8-6-11)20-13(3)9-15(18-20)16(21)19(4)10-12(2)17(22)23/h5-9,12H,10H2,1-4H3,(H,22,23). The minimum Gasteiger partial charge on any atom is -0.481 e. The molecule has 0 saturated heterocycles. The van der Waals surface area contributed by atoms with Crippen molar-refractivity contribution in [1.29, 1.82) is 0 Å². The van der Waals surface area contributed by atoms with Crippen LogP contribution in [0.15, 0.2) is 30.3 Å². The molecule has 2 aromatic rings. The molecule has 0 aliphatic heterocycles. The second-order valence-corrected chi connectivity index (χ2v) is 5.84. The summed E-state index contributed by atoms with van der Waals surface area (Å²) in [6.45, 7) is 5.60. The molecule has 6 nitrogen and oxygen atoms in total. The second kappa shape index (κ2) is 6.64. The van der Waals surface area contributed by atoms with E-state index < -0.39 is 11.9 Å². The summed E-state index contributed by atoms with van der Waals surface area (Å²) < 4.78 is 1.71. The van der Waals surface area contributed by atoms with Gasteiger partial charge in [-0.3, -0.25) is 9.59 Å². The fourth-order valence-electron chi connectivity index (χ4n) is 2.29. The number of rotatable bonds is 5. The van der Waals surface area contributed by atoms with E-state index >= 15 is 0 Å². The number of aromatic nitrogens is 2. The summed E-state index contributed by atoms with van der Waals surface area (Å²) in [6.07, 6.45) is 0. The quantitative estimate of drug-likeness (QED) is 0.918. The highest BCUT2D eigenvalue weighted by molar-refractivity contribution is 5.92. The van der Waals surface area contributed by atoms with Crippen LogP contribution in [0.25, 0.3) is 5.69 Å². The third kappa shape index (κ3) is 3.77. The zero-order valence-electron chi connectivity index (χ0n) is 13.8. The number of nitrogens with zero attached hydrogens (tertiary/aromatic N) is 3. The van der Waals surface area contributed by atoms with Crippen LogP contribution in [-0.4, -0.2) is 45.3 Å². The largest absolute Gasteiger partial charge is 0.481 e. The van der Waals surface area contributed by atoms with Gasteiger partial charge in [-0.25, -0.2) is 4.68 Å². The minimum absolute atomic E-state index is 0.143. The van der Waals surface area contributed by atoms with Crippen molar-refractivity contribution >= 4 is 11.9 Å². The van der Waals surface area contributed by atoms with Gasteiger partial charge in [0.05, 0.1) is 11.6 Å². The number of carbonyl (C=O) groups is 2. The van der Waals surface area contributed by atoms with Gasteiger partial charge < -0.3 is 10.0 Å². The van der Waals surface area contributed by atoms with Gasteiger partial charge in [0.1, 0.15) is 0 Å². The maximum atomic E-state index is 12.4. The average molecular weight is 315 g/mol. The third-order valence-corrected chi connectivity index (χ3v) is 3.70. The molecule has 2 rings (SSSR count). The van der Waals surface area contributed by atoms with Gasteiger partial charge in [0.2, 0.25) is 0 Å². The van der Waals surface area contributed by atoms with E-state index in [0.717, 1.165) is 16.9 Å². The van der Waals surface area contributed by atoms with Crippen LogP contribution < -0.4 is 0 Å². The Labute approximate surface area is 135 Å². The Morgan fingerprint density at radius 1 is 1.26 bits per heavy atom. The van der Waals surface area contributed by atoms with Crippen LogP contribution in [0.5, 0.6) is 0 Å². The van der Waals surface area contributed by atoms with Gasteiger partial charge in [-0.05, 0) is 32.0 Å². The van der Waals surface area contributed by atoms with Gasteiger partial charge in [0.15, 0.2) is 5.69 Å². The zero-order chi connectivity index (χ0) is 17.1. The van der Waals surface area contributed by atoms with E-state index in [1.807, 2.05) is 38.1 Å².